The van der Waals surface area contributed by atoms with Gasteiger partial charge in [-0.1, -0.05) is 30.3 Å². The molecule has 1 saturated heterocycles. The van der Waals surface area contributed by atoms with Crippen LogP contribution in [0.4, 0.5) is 0 Å². The van der Waals surface area contributed by atoms with Crippen LogP contribution in [0.2, 0.25) is 0 Å². The predicted octanol–water partition coefficient (Wildman–Crippen LogP) is 1.84. The van der Waals surface area contributed by atoms with Crippen LogP contribution < -0.4 is 5.32 Å². The second kappa shape index (κ2) is 9.00. The van der Waals surface area contributed by atoms with Gasteiger partial charge in [0.05, 0.1) is 25.7 Å². The van der Waals surface area contributed by atoms with Gasteiger partial charge < -0.3 is 19.9 Å². The van der Waals surface area contributed by atoms with Crippen molar-refractivity contribution >= 4 is 17.7 Å². The van der Waals surface area contributed by atoms with Crippen molar-refractivity contribution in [1.82, 2.24) is 15.1 Å². The standard InChI is InChI=1S/C23H29N3O4/c1-16-20(23(29)25-9-11-30-12-10-25)13-18(14-21(27)24-19-7-8-19)22(28)26(16)15-17-5-3-2-4-6-17/h2-6,18-19H,7-15H2,1H3,(H,24,27). The van der Waals surface area contributed by atoms with E-state index in [1.807, 2.05) is 37.3 Å². The molecule has 1 aromatic rings. The quantitative estimate of drug-likeness (QED) is 0.775. The van der Waals surface area contributed by atoms with Crippen LogP contribution >= 0.6 is 0 Å². The van der Waals surface area contributed by atoms with Crippen LogP contribution in [0, 0.1) is 5.92 Å². The Balaban J connectivity index is 1.58. The largest absolute Gasteiger partial charge is 0.378 e. The second-order valence-electron chi connectivity index (χ2n) is 8.33. The molecule has 0 aromatic heterocycles. The Labute approximate surface area is 177 Å². The second-order valence-corrected chi connectivity index (χ2v) is 8.33. The van der Waals surface area contributed by atoms with E-state index >= 15 is 0 Å². The van der Waals surface area contributed by atoms with Crippen LogP contribution in [0.5, 0.6) is 0 Å². The van der Waals surface area contributed by atoms with Gasteiger partial charge in [0, 0.05) is 36.8 Å². The average molecular weight is 412 g/mol. The summed E-state index contributed by atoms with van der Waals surface area (Å²) in [5, 5.41) is 2.97. The van der Waals surface area contributed by atoms with E-state index < -0.39 is 5.92 Å². The number of hydrogen-bond acceptors (Lipinski definition) is 4. The van der Waals surface area contributed by atoms with E-state index in [2.05, 4.69) is 5.32 Å². The molecule has 2 heterocycles. The Morgan fingerprint density at radius 2 is 1.83 bits per heavy atom. The zero-order valence-corrected chi connectivity index (χ0v) is 17.4. The van der Waals surface area contributed by atoms with Crippen LogP contribution in [0.15, 0.2) is 41.6 Å². The number of allylic oxidation sites excluding steroid dienone is 1. The van der Waals surface area contributed by atoms with E-state index in [1.165, 1.54) is 0 Å². The van der Waals surface area contributed by atoms with Crippen molar-refractivity contribution in [2.24, 2.45) is 5.92 Å². The smallest absolute Gasteiger partial charge is 0.251 e. The molecular weight excluding hydrogens is 382 g/mol. The lowest BCUT2D eigenvalue weighted by Gasteiger charge is -2.37. The first-order valence-corrected chi connectivity index (χ1v) is 10.7. The fourth-order valence-corrected chi connectivity index (χ4v) is 4.09. The molecule has 0 radical (unpaired) electrons. The number of benzene rings is 1. The summed E-state index contributed by atoms with van der Waals surface area (Å²) >= 11 is 0. The minimum atomic E-state index is -0.517. The Morgan fingerprint density at radius 1 is 1.13 bits per heavy atom. The van der Waals surface area contributed by atoms with Crippen LogP contribution in [0.3, 0.4) is 0 Å². The molecule has 1 aromatic carbocycles. The van der Waals surface area contributed by atoms with Gasteiger partial charge in [-0.15, -0.1) is 0 Å². The lowest BCUT2D eigenvalue weighted by Crippen LogP contribution is -2.46. The van der Waals surface area contributed by atoms with Gasteiger partial charge in [0.25, 0.3) is 5.91 Å². The highest BCUT2D eigenvalue weighted by Crippen LogP contribution is 2.32. The van der Waals surface area contributed by atoms with Crippen LogP contribution in [-0.4, -0.2) is 59.9 Å². The first-order chi connectivity index (χ1) is 14.5. The molecule has 2 fully saturated rings. The molecule has 1 aliphatic carbocycles. The normalized spacial score (nSPS) is 22.3. The maximum atomic E-state index is 13.3. The SMILES string of the molecule is CC1=C(C(=O)N2CCOCC2)CC(CC(=O)NC2CC2)C(=O)N1Cc1ccccc1. The van der Waals surface area contributed by atoms with E-state index in [1.54, 1.807) is 9.80 Å². The Hall–Kier alpha value is -2.67. The number of nitrogens with zero attached hydrogens (tertiary/aromatic N) is 2. The maximum Gasteiger partial charge on any atom is 0.251 e. The van der Waals surface area contributed by atoms with Crippen molar-refractivity contribution in [3.8, 4) is 0 Å². The first kappa shape index (κ1) is 20.6. The van der Waals surface area contributed by atoms with Crippen LogP contribution in [0.25, 0.3) is 0 Å². The molecule has 3 aliphatic rings. The van der Waals surface area contributed by atoms with E-state index in [-0.39, 0.29) is 30.2 Å². The third kappa shape index (κ3) is 4.73. The molecule has 2 aliphatic heterocycles. The number of carbonyl (C=O) groups excluding carboxylic acids is 3. The molecule has 1 saturated carbocycles. The highest BCUT2D eigenvalue weighted by molar-refractivity contribution is 5.98. The van der Waals surface area contributed by atoms with Crippen molar-refractivity contribution in [2.75, 3.05) is 26.3 Å². The molecule has 1 atom stereocenters. The number of ether oxygens (including phenoxy) is 1. The molecule has 1 N–H and O–H groups in total. The summed E-state index contributed by atoms with van der Waals surface area (Å²) in [6.07, 6.45) is 2.44. The van der Waals surface area contributed by atoms with E-state index in [4.69, 9.17) is 4.74 Å². The predicted molar refractivity (Wildman–Crippen MR) is 111 cm³/mol. The minimum Gasteiger partial charge on any atom is -0.378 e. The summed E-state index contributed by atoms with van der Waals surface area (Å²) in [6, 6.07) is 9.99. The lowest BCUT2D eigenvalue weighted by atomic mass is 9.88. The summed E-state index contributed by atoms with van der Waals surface area (Å²) in [6.45, 7) is 4.39. The maximum absolute atomic E-state index is 13.3. The highest BCUT2D eigenvalue weighted by Gasteiger charge is 2.38. The van der Waals surface area contributed by atoms with Crippen LogP contribution in [-0.2, 0) is 25.7 Å². The number of hydrogen-bond donors (Lipinski definition) is 1. The van der Waals surface area contributed by atoms with Gasteiger partial charge in [-0.3, -0.25) is 14.4 Å². The van der Waals surface area contributed by atoms with Crippen molar-refractivity contribution in [3.63, 3.8) is 0 Å². The summed E-state index contributed by atoms with van der Waals surface area (Å²) < 4.78 is 5.37. The lowest BCUT2D eigenvalue weighted by molar-refractivity contribution is -0.139. The Kier molecular flexibility index (Phi) is 6.18. The van der Waals surface area contributed by atoms with E-state index in [0.29, 0.717) is 50.5 Å². The molecule has 7 nitrogen and oxygen atoms in total. The number of morpholine rings is 1. The van der Waals surface area contributed by atoms with Gasteiger partial charge in [0.2, 0.25) is 11.8 Å². The molecular formula is C23H29N3O4. The zero-order chi connectivity index (χ0) is 21.1. The third-order valence-corrected chi connectivity index (χ3v) is 6.02. The molecule has 4 rings (SSSR count). The molecule has 0 bridgehead atoms. The number of rotatable bonds is 6. The molecule has 3 amide bonds. The fourth-order valence-electron chi connectivity index (χ4n) is 4.09. The van der Waals surface area contributed by atoms with Gasteiger partial charge in [0.1, 0.15) is 0 Å². The van der Waals surface area contributed by atoms with Crippen molar-refractivity contribution in [1.29, 1.82) is 0 Å². The monoisotopic (exact) mass is 411 g/mol. The molecule has 30 heavy (non-hydrogen) atoms. The zero-order valence-electron chi connectivity index (χ0n) is 17.4. The van der Waals surface area contributed by atoms with Gasteiger partial charge >= 0.3 is 0 Å². The van der Waals surface area contributed by atoms with Gasteiger partial charge in [-0.05, 0) is 31.7 Å². The third-order valence-electron chi connectivity index (χ3n) is 6.02. The van der Waals surface area contributed by atoms with Crippen molar-refractivity contribution < 1.29 is 19.1 Å². The van der Waals surface area contributed by atoms with Crippen molar-refractivity contribution in [2.45, 2.75) is 45.2 Å². The van der Waals surface area contributed by atoms with Gasteiger partial charge in [-0.2, -0.15) is 0 Å². The summed E-state index contributed by atoms with van der Waals surface area (Å²) in [4.78, 5) is 42.4. The van der Waals surface area contributed by atoms with Gasteiger partial charge in [-0.25, -0.2) is 0 Å². The highest BCUT2D eigenvalue weighted by atomic mass is 16.5. The topological polar surface area (TPSA) is 79.0 Å². The summed E-state index contributed by atoms with van der Waals surface area (Å²) in [7, 11) is 0. The Morgan fingerprint density at radius 3 is 2.50 bits per heavy atom. The number of amides is 3. The number of nitrogens with one attached hydrogen (secondary N) is 1. The Bertz CT molecular complexity index is 841. The van der Waals surface area contributed by atoms with Gasteiger partial charge in [0.15, 0.2) is 0 Å². The molecule has 1 unspecified atom stereocenters. The average Bonchev–Trinajstić information content (AvgIpc) is 3.58. The molecule has 160 valence electrons. The number of carbonyl (C=O) groups is 3. The fraction of sp³-hybridized carbons (Fsp3) is 0.522. The van der Waals surface area contributed by atoms with E-state index in [9.17, 15) is 14.4 Å². The minimum absolute atomic E-state index is 0.0473. The van der Waals surface area contributed by atoms with E-state index in [0.717, 1.165) is 18.4 Å². The first-order valence-electron chi connectivity index (χ1n) is 10.7. The van der Waals surface area contributed by atoms with Crippen molar-refractivity contribution in [3.05, 3.63) is 47.2 Å². The summed E-state index contributed by atoms with van der Waals surface area (Å²) in [5.41, 5.74) is 2.32. The van der Waals surface area contributed by atoms with Crippen LogP contribution in [0.1, 0.15) is 38.2 Å². The molecule has 7 heteroatoms. The summed E-state index contributed by atoms with van der Waals surface area (Å²) in [5.74, 6) is -0.751. The molecule has 0 spiro atoms.